The van der Waals surface area contributed by atoms with Crippen LogP contribution in [0, 0.1) is 0 Å². The van der Waals surface area contributed by atoms with Gasteiger partial charge >= 0.3 is 5.97 Å². The molecule has 0 bridgehead atoms. The van der Waals surface area contributed by atoms with Gasteiger partial charge in [-0.1, -0.05) is 0 Å². The molecule has 700 valence electrons. The van der Waals surface area contributed by atoms with E-state index in [0.717, 1.165) is 34.6 Å². The highest BCUT2D eigenvalue weighted by Crippen LogP contribution is 2.42. The first-order valence-electron chi connectivity index (χ1n) is 38.2. The minimum absolute atomic E-state index is 0.809. The Morgan fingerprint density at radius 3 is 0.959 bits per heavy atom. The topological polar surface area (TPSA) is 856 Å². The molecule has 8 rings (SSSR count). The van der Waals surface area contributed by atoms with Gasteiger partial charge in [0, 0.05) is 41.0 Å². The van der Waals surface area contributed by atoms with Gasteiger partial charge in [-0.05, 0) is 0 Å². The van der Waals surface area contributed by atoms with E-state index in [2.05, 4.69) is 26.6 Å². The summed E-state index contributed by atoms with van der Waals surface area (Å²) in [5.74, 6) is -10.0. The minimum Gasteiger partial charge on any atom is -0.477 e. The van der Waals surface area contributed by atoms with Gasteiger partial charge < -0.3 is 240 Å². The molecule has 8 fully saturated rings. The Kier molecular flexibility index (Phi) is 37.5. The van der Waals surface area contributed by atoms with Gasteiger partial charge in [-0.2, -0.15) is 0 Å². The fraction of sp³-hybridized carbons (Fsp3) is 0.910. The number of hydrogen-bond acceptors (Lipinski definition) is 48. The second-order valence-corrected chi connectivity index (χ2v) is 30.1. The first kappa shape index (κ1) is 102. The molecule has 121 heavy (non-hydrogen) atoms. The largest absolute Gasteiger partial charge is 0.477 e. The molecule has 45 atom stereocenters. The monoisotopic (exact) mass is 1770 g/mol. The number of carboxylic acid groups (broad SMARTS) is 1. The fourth-order valence-electron chi connectivity index (χ4n) is 15.3. The lowest BCUT2D eigenvalue weighted by atomic mass is 9.88. The Hall–Kier alpha value is -4.86. The number of carbonyl (C=O) groups is 6. The van der Waals surface area contributed by atoms with Crippen LogP contribution < -0.4 is 26.6 Å². The van der Waals surface area contributed by atoms with E-state index in [1.165, 1.54) is 0 Å². The van der Waals surface area contributed by atoms with Crippen LogP contribution in [0.2, 0.25) is 0 Å². The number of hydrogen-bond donors (Lipinski definition) is 32. The van der Waals surface area contributed by atoms with Crippen molar-refractivity contribution in [3.05, 3.63) is 0 Å². The zero-order valence-electron chi connectivity index (χ0n) is 65.2. The molecule has 0 aromatic heterocycles. The number of rotatable bonds is 37. The summed E-state index contributed by atoms with van der Waals surface area (Å²) < 4.78 is 93.7. The quantitative estimate of drug-likeness (QED) is 0.0275. The average molecular weight is 1770 g/mol. The van der Waals surface area contributed by atoms with E-state index >= 15 is 0 Å². The highest BCUT2D eigenvalue weighted by Gasteiger charge is 2.63. The van der Waals surface area contributed by atoms with Crippen LogP contribution in [0.1, 0.15) is 41.0 Å². The minimum atomic E-state index is -3.27. The van der Waals surface area contributed by atoms with Crippen molar-refractivity contribution >= 4 is 35.5 Å². The SMILES string of the molecule is CC(=O)N[C@H]1[C@H](O[C@H]2[C@@H](O)[C@@H](CO)O[C@@H](O[C@@H]([C@@H](O)[C@H](O)CO)[C@H](CO)NC(C)=O)[C@@H]2O)O[C@H](CO)[C@@H](O[C@@H]2O[C@H](CO)[C@H](O)[C@H](O[C@@H]3O[C@H](CO)[C@@H](O[C@@H]4O[C@H](CO)[C@H](O)[C@H](O[C@@H]5O[C@H](CO)[C@@H](O[C@@H]6O[C@H](CO)[C@H](O)[C@H](O[C@]7(C(=O)O)C[C@H](O)[C@@H](NC(C)=O)[C@H]([C@H](O)[C@H](O)CO)O7)[C@H]6O)[C@H](O)[C@H]5NC(C)=O)[C@H]4O)[C@H](O)[C@H]3NC(C)=O)[C@H]2O)[C@@H]1O. The number of amides is 5. The predicted molar refractivity (Wildman–Crippen MR) is 374 cm³/mol. The Bertz CT molecular complexity index is 3290. The number of carboxylic acids is 1. The number of aliphatic hydroxyl groups excluding tert-OH is 26. The molecule has 0 radical (unpaired) electrons. The summed E-state index contributed by atoms with van der Waals surface area (Å²) >= 11 is 0. The molecule has 0 aliphatic carbocycles. The van der Waals surface area contributed by atoms with E-state index in [-0.39, 0.29) is 0 Å². The standard InChI is InChI=1S/C67H113N5O49/c1-17(83)68-22(7-73)50(37(91)24(89)8-74)113-62-46(100)55(39(93)26(10-76)106-62)117-59-34(70-19(3)85)43(97)51(30(14-80)110-59)114-63-47(101)56(40(94)27(11-77)107-63)118-60-35(71-20(4)86)44(98)52(31(15-81)111-60)115-64-48(102)57(41(95)28(12-78)108-64)119-61-36(72-21(5)87)45(99)53(32(16-82)112-61)116-65-49(103)58(42(96)29(13-79)109-65)121-67(66(104)105)6-23(88)33(69-18(2)84)54(120-67)38(92)25(90)9-75/h22-65,73-82,88-103H,6-16H2,1-5H3,(H,68,83)(H,69,84)(H,70,85)(H,71,86)(H,72,87)(H,104,105)/t22-,23-,24+,25+,26+,27+,28+,29+,30+,31+,32+,33+,34+,35+,36+,37-,38+,39-,40-,41-,42-,43+,44+,45+,46+,47+,48+,49+,50+,51+,52+,53+,54+,55-,56-,57-,58-,59-,60-,61-,62-,63-,64-,65-,67-/m0/s1. The van der Waals surface area contributed by atoms with Gasteiger partial charge in [0.25, 0.3) is 5.79 Å². The van der Waals surface area contributed by atoms with Gasteiger partial charge in [0.2, 0.25) is 29.5 Å². The van der Waals surface area contributed by atoms with Crippen molar-refractivity contribution in [2.45, 2.75) is 316 Å². The van der Waals surface area contributed by atoms with Crippen molar-refractivity contribution in [1.29, 1.82) is 0 Å². The smallest absolute Gasteiger partial charge is 0.364 e. The number of ether oxygens (including phenoxy) is 16. The van der Waals surface area contributed by atoms with Crippen molar-refractivity contribution < 1.29 is 242 Å². The molecule has 54 heteroatoms. The van der Waals surface area contributed by atoms with E-state index in [1.54, 1.807) is 0 Å². The molecule has 0 unspecified atom stereocenters. The maximum absolute atomic E-state index is 13.2. The van der Waals surface area contributed by atoms with Crippen molar-refractivity contribution in [3.8, 4) is 0 Å². The Morgan fingerprint density at radius 1 is 0.355 bits per heavy atom. The Labute approximate surface area is 685 Å². The van der Waals surface area contributed by atoms with Gasteiger partial charge in [0.1, 0.15) is 207 Å². The lowest BCUT2D eigenvalue weighted by molar-refractivity contribution is -0.392. The van der Waals surface area contributed by atoms with Crippen molar-refractivity contribution in [2.24, 2.45) is 0 Å². The highest BCUT2D eigenvalue weighted by molar-refractivity contribution is 5.77. The molecule has 8 aliphatic rings. The third-order valence-corrected chi connectivity index (χ3v) is 21.4. The molecule has 8 aliphatic heterocycles. The predicted octanol–water partition coefficient (Wildman–Crippen LogP) is -21.1. The number of aliphatic carboxylic acids is 1. The molecule has 8 saturated heterocycles. The molecule has 0 spiro atoms. The normalized spacial score (nSPS) is 43.9. The van der Waals surface area contributed by atoms with Gasteiger partial charge in [0.15, 0.2) is 44.0 Å². The van der Waals surface area contributed by atoms with Gasteiger partial charge in [-0.25, -0.2) is 4.79 Å². The molecular formula is C67H113N5O49. The summed E-state index contributed by atoms with van der Waals surface area (Å²) in [6.45, 7) is -6.86. The zero-order valence-corrected chi connectivity index (χ0v) is 65.2. The molecule has 0 aromatic rings. The summed E-state index contributed by atoms with van der Waals surface area (Å²) in [6.07, 6.45) is -85.2. The van der Waals surface area contributed by atoms with Crippen LogP contribution in [0.3, 0.4) is 0 Å². The number of aliphatic hydroxyl groups is 26. The molecule has 5 amide bonds. The highest BCUT2D eigenvalue weighted by atomic mass is 16.8. The maximum atomic E-state index is 13.2. The van der Waals surface area contributed by atoms with Crippen molar-refractivity contribution in [3.63, 3.8) is 0 Å². The van der Waals surface area contributed by atoms with E-state index < -0.39 is 383 Å². The first-order chi connectivity index (χ1) is 57.1. The Morgan fingerprint density at radius 2 is 0.653 bits per heavy atom. The summed E-state index contributed by atoms with van der Waals surface area (Å²) in [5, 5.41) is 310. The lowest BCUT2D eigenvalue weighted by Crippen LogP contribution is -2.71. The summed E-state index contributed by atoms with van der Waals surface area (Å²) in [4.78, 5) is 76.3. The molecule has 0 saturated carbocycles. The van der Waals surface area contributed by atoms with Crippen LogP contribution in [0.5, 0.6) is 0 Å². The van der Waals surface area contributed by atoms with Crippen molar-refractivity contribution in [2.75, 3.05) is 66.1 Å². The summed E-state index contributed by atoms with van der Waals surface area (Å²) in [6, 6.07) is -9.28. The summed E-state index contributed by atoms with van der Waals surface area (Å²) in [7, 11) is 0. The number of nitrogens with one attached hydrogen (secondary N) is 5. The summed E-state index contributed by atoms with van der Waals surface area (Å²) in [5.41, 5.74) is 0. The van der Waals surface area contributed by atoms with Crippen LogP contribution in [-0.2, 0) is 105 Å². The van der Waals surface area contributed by atoms with E-state index in [0.29, 0.717) is 0 Å². The second-order valence-electron chi connectivity index (χ2n) is 30.1. The van der Waals surface area contributed by atoms with Crippen LogP contribution >= 0.6 is 0 Å². The second kappa shape index (κ2) is 44.7. The van der Waals surface area contributed by atoms with E-state index in [1.807, 2.05) is 0 Å². The van der Waals surface area contributed by atoms with Crippen LogP contribution in [-0.4, -0.2) is 515 Å². The zero-order chi connectivity index (χ0) is 90.0. The lowest BCUT2D eigenvalue weighted by Gasteiger charge is -2.51. The van der Waals surface area contributed by atoms with Crippen LogP contribution in [0.25, 0.3) is 0 Å². The van der Waals surface area contributed by atoms with Crippen LogP contribution in [0.15, 0.2) is 0 Å². The first-order valence-corrected chi connectivity index (χ1v) is 38.2. The number of carbonyl (C=O) groups excluding carboxylic acids is 5. The maximum Gasteiger partial charge on any atom is 0.364 e. The van der Waals surface area contributed by atoms with Gasteiger partial charge in [-0.15, -0.1) is 0 Å². The van der Waals surface area contributed by atoms with Crippen molar-refractivity contribution in [1.82, 2.24) is 26.6 Å². The molecule has 32 N–H and O–H groups in total. The van der Waals surface area contributed by atoms with Gasteiger partial charge in [-0.3, -0.25) is 24.0 Å². The fourth-order valence-corrected chi connectivity index (χ4v) is 15.3. The van der Waals surface area contributed by atoms with Gasteiger partial charge in [0.05, 0.1) is 84.3 Å². The third kappa shape index (κ3) is 23.2. The molecule has 54 nitrogen and oxygen atoms in total. The molecule has 8 heterocycles. The molecular weight excluding hydrogens is 1660 g/mol. The van der Waals surface area contributed by atoms with E-state index in [4.69, 9.17) is 75.8 Å². The Balaban J connectivity index is 0.990. The molecule has 0 aromatic carbocycles. The van der Waals surface area contributed by atoms with Crippen LogP contribution in [0.4, 0.5) is 0 Å². The van der Waals surface area contributed by atoms with E-state index in [9.17, 15) is 167 Å². The third-order valence-electron chi connectivity index (χ3n) is 21.4. The average Bonchev–Trinajstić information content (AvgIpc) is 0.739.